The number of nitrogens with zero attached hydrogens (tertiary/aromatic N) is 2. The van der Waals surface area contributed by atoms with Gasteiger partial charge < -0.3 is 14.6 Å². The normalized spacial score (nSPS) is 14.7. The Balaban J connectivity index is 1.24. The van der Waals surface area contributed by atoms with Gasteiger partial charge in [0.25, 0.3) is 0 Å². The first-order chi connectivity index (χ1) is 17.2. The largest absolute Gasteiger partial charge is 0.508 e. The summed E-state index contributed by atoms with van der Waals surface area (Å²) in [6.07, 6.45) is 3.37. The minimum absolute atomic E-state index is 0.272. The van der Waals surface area contributed by atoms with Crippen LogP contribution in [0.2, 0.25) is 0 Å². The highest BCUT2D eigenvalue weighted by atomic mass is 16.5. The van der Waals surface area contributed by atoms with Crippen molar-refractivity contribution in [3.63, 3.8) is 0 Å². The first kappa shape index (κ1) is 21.7. The minimum Gasteiger partial charge on any atom is -0.508 e. The summed E-state index contributed by atoms with van der Waals surface area (Å²) in [4.78, 5) is 2.45. The second kappa shape index (κ2) is 9.12. The Morgan fingerprint density at radius 3 is 2.31 bits per heavy atom. The number of phenols is 1. The molecule has 2 N–H and O–H groups in total. The molecule has 0 atom stereocenters. The third-order valence-electron chi connectivity index (χ3n) is 7.12. The number of hydrogen-bond donors (Lipinski definition) is 2. The lowest BCUT2D eigenvalue weighted by Gasteiger charge is -2.17. The number of aromatic amines is 1. The van der Waals surface area contributed by atoms with Crippen LogP contribution in [0.3, 0.4) is 0 Å². The number of hydrogen-bond acceptors (Lipinski definition) is 5. The Morgan fingerprint density at radius 2 is 1.60 bits per heavy atom. The molecule has 1 fully saturated rings. The van der Waals surface area contributed by atoms with Crippen molar-refractivity contribution in [2.45, 2.75) is 19.3 Å². The molecule has 1 aromatic heterocycles. The molecule has 1 aliphatic heterocycles. The van der Waals surface area contributed by atoms with E-state index in [1.165, 1.54) is 37.1 Å². The predicted octanol–water partition coefficient (Wildman–Crippen LogP) is 5.50. The molecule has 0 radical (unpaired) electrons. The highest BCUT2D eigenvalue weighted by Gasteiger charge is 2.27. The third-order valence-corrected chi connectivity index (χ3v) is 7.12. The van der Waals surface area contributed by atoms with Gasteiger partial charge in [-0.2, -0.15) is 5.10 Å². The molecule has 0 saturated carbocycles. The van der Waals surface area contributed by atoms with Crippen molar-refractivity contribution in [2.24, 2.45) is 0 Å². The molecule has 4 aromatic rings. The van der Waals surface area contributed by atoms with Crippen molar-refractivity contribution in [2.75, 3.05) is 33.4 Å². The molecule has 0 unspecified atom stereocenters. The average Bonchev–Trinajstić information content (AvgIpc) is 3.62. The summed E-state index contributed by atoms with van der Waals surface area (Å²) in [5, 5.41) is 17.5. The van der Waals surface area contributed by atoms with Gasteiger partial charge in [-0.15, -0.1) is 0 Å². The Hall–Kier alpha value is -3.77. The number of aromatic nitrogens is 2. The van der Waals surface area contributed by atoms with Gasteiger partial charge in [0.15, 0.2) is 11.5 Å². The van der Waals surface area contributed by atoms with E-state index in [1.807, 2.05) is 12.1 Å². The van der Waals surface area contributed by atoms with Crippen LogP contribution in [0.25, 0.3) is 33.6 Å². The summed E-state index contributed by atoms with van der Waals surface area (Å²) in [6, 6.07) is 19.9. The number of fused-ring (bicyclic) bond motifs is 3. The molecule has 3 aromatic carbocycles. The second-order valence-corrected chi connectivity index (χ2v) is 9.28. The lowest BCUT2D eigenvalue weighted by Crippen LogP contribution is -2.25. The van der Waals surface area contributed by atoms with E-state index in [-0.39, 0.29) is 5.75 Å². The van der Waals surface area contributed by atoms with E-state index >= 15 is 0 Å². The summed E-state index contributed by atoms with van der Waals surface area (Å²) in [5.74, 6) is 1.84. The molecule has 1 saturated heterocycles. The van der Waals surface area contributed by atoms with Crippen LogP contribution in [0.4, 0.5) is 0 Å². The average molecular weight is 468 g/mol. The monoisotopic (exact) mass is 467 g/mol. The maximum Gasteiger partial charge on any atom is 0.161 e. The van der Waals surface area contributed by atoms with Crippen LogP contribution in [0, 0.1) is 0 Å². The number of ether oxygens (including phenoxy) is 2. The molecular weight excluding hydrogens is 438 g/mol. The van der Waals surface area contributed by atoms with Crippen molar-refractivity contribution in [1.29, 1.82) is 0 Å². The Morgan fingerprint density at radius 1 is 0.914 bits per heavy atom. The van der Waals surface area contributed by atoms with Gasteiger partial charge >= 0.3 is 0 Å². The number of aromatic hydroxyl groups is 1. The zero-order valence-corrected chi connectivity index (χ0v) is 19.9. The first-order valence-corrected chi connectivity index (χ1v) is 12.2. The molecule has 0 amide bonds. The molecule has 6 heteroatoms. The predicted molar refractivity (Wildman–Crippen MR) is 137 cm³/mol. The van der Waals surface area contributed by atoms with Crippen molar-refractivity contribution in [3.05, 3.63) is 71.8 Å². The summed E-state index contributed by atoms with van der Waals surface area (Å²) < 4.78 is 11.8. The zero-order valence-electron chi connectivity index (χ0n) is 19.9. The van der Waals surface area contributed by atoms with Crippen LogP contribution < -0.4 is 9.47 Å². The van der Waals surface area contributed by atoms with Crippen molar-refractivity contribution >= 4 is 0 Å². The maximum atomic E-state index is 9.54. The summed E-state index contributed by atoms with van der Waals surface area (Å²) in [5.41, 5.74) is 8.84. The number of phenolic OH excluding ortho intramolecular Hbond substituents is 1. The highest BCUT2D eigenvalue weighted by Crippen LogP contribution is 2.45. The van der Waals surface area contributed by atoms with Crippen molar-refractivity contribution < 1.29 is 14.6 Å². The van der Waals surface area contributed by atoms with Gasteiger partial charge in [-0.05, 0) is 66.9 Å². The smallest absolute Gasteiger partial charge is 0.161 e. The minimum atomic E-state index is 0.272. The number of likely N-dealkylation sites (tertiary alicyclic amines) is 1. The number of methoxy groups -OCH3 is 1. The number of H-pyrrole nitrogens is 1. The zero-order chi connectivity index (χ0) is 23.8. The van der Waals surface area contributed by atoms with Crippen LogP contribution in [0.1, 0.15) is 24.0 Å². The van der Waals surface area contributed by atoms with Crippen molar-refractivity contribution in [1.82, 2.24) is 15.1 Å². The fourth-order valence-corrected chi connectivity index (χ4v) is 5.21. The standard InChI is InChI=1S/C29H29N3O3/c1-34-26-17-22-16-25-28(21-6-4-19(5-7-21)20-8-10-23(33)11-9-20)30-31-29(25)24(22)18-27(26)35-15-14-32-12-2-3-13-32/h4-11,17-18,33H,2-3,12-16H2,1H3,(H,30,31). The summed E-state index contributed by atoms with van der Waals surface area (Å²) >= 11 is 0. The first-order valence-electron chi connectivity index (χ1n) is 12.2. The molecule has 178 valence electrons. The Kier molecular flexibility index (Phi) is 5.66. The van der Waals surface area contributed by atoms with E-state index in [4.69, 9.17) is 9.47 Å². The quantitative estimate of drug-likeness (QED) is 0.331. The molecule has 6 rings (SSSR count). The van der Waals surface area contributed by atoms with Gasteiger partial charge in [0.1, 0.15) is 12.4 Å². The molecule has 2 heterocycles. The lowest BCUT2D eigenvalue weighted by molar-refractivity contribution is 0.230. The molecule has 1 aliphatic carbocycles. The van der Waals surface area contributed by atoms with E-state index in [9.17, 15) is 5.11 Å². The lowest BCUT2D eigenvalue weighted by atomic mass is 10.0. The highest BCUT2D eigenvalue weighted by molar-refractivity contribution is 5.83. The van der Waals surface area contributed by atoms with Crippen molar-refractivity contribution in [3.8, 4) is 50.9 Å². The van der Waals surface area contributed by atoms with E-state index in [0.717, 1.165) is 58.1 Å². The fraction of sp³-hybridized carbons (Fsp3) is 0.276. The molecule has 2 aliphatic rings. The molecule has 0 spiro atoms. The van der Waals surface area contributed by atoms with E-state index in [2.05, 4.69) is 51.5 Å². The summed E-state index contributed by atoms with van der Waals surface area (Å²) in [7, 11) is 1.70. The molecule has 6 nitrogen and oxygen atoms in total. The van der Waals surface area contributed by atoms with Crippen LogP contribution >= 0.6 is 0 Å². The molecule has 0 bridgehead atoms. The van der Waals surface area contributed by atoms with Crippen LogP contribution in [0.15, 0.2) is 60.7 Å². The number of benzene rings is 3. The van der Waals surface area contributed by atoms with Gasteiger partial charge in [-0.3, -0.25) is 10.00 Å². The Bertz CT molecular complexity index is 1340. The van der Waals surface area contributed by atoms with E-state index < -0.39 is 0 Å². The molecule has 35 heavy (non-hydrogen) atoms. The maximum absolute atomic E-state index is 9.54. The van der Waals surface area contributed by atoms with Gasteiger partial charge in [0.05, 0.1) is 18.5 Å². The number of rotatable bonds is 7. The topological polar surface area (TPSA) is 70.6 Å². The van der Waals surface area contributed by atoms with E-state index in [1.54, 1.807) is 19.2 Å². The summed E-state index contributed by atoms with van der Waals surface area (Å²) in [6.45, 7) is 3.94. The van der Waals surface area contributed by atoms with Crippen LogP contribution in [-0.2, 0) is 6.42 Å². The molecular formula is C29H29N3O3. The Labute approximate surface area is 205 Å². The van der Waals surface area contributed by atoms with Gasteiger partial charge in [-0.25, -0.2) is 0 Å². The SMILES string of the molecule is COc1cc2c(cc1OCCN1CCCC1)-c1[nH]nc(-c3ccc(-c4ccc(O)cc4)cc3)c1C2. The fourth-order valence-electron chi connectivity index (χ4n) is 5.21. The third kappa shape index (κ3) is 4.15. The van der Waals surface area contributed by atoms with Crippen LogP contribution in [0.5, 0.6) is 17.2 Å². The van der Waals surface area contributed by atoms with Gasteiger partial charge in [0.2, 0.25) is 0 Å². The number of nitrogens with one attached hydrogen (secondary N) is 1. The van der Waals surface area contributed by atoms with Gasteiger partial charge in [-0.1, -0.05) is 36.4 Å². The second-order valence-electron chi connectivity index (χ2n) is 9.28. The van der Waals surface area contributed by atoms with Gasteiger partial charge in [0, 0.05) is 29.7 Å². The van der Waals surface area contributed by atoms with Crippen LogP contribution in [-0.4, -0.2) is 53.6 Å². The van der Waals surface area contributed by atoms with E-state index in [0.29, 0.717) is 6.61 Å².